The van der Waals surface area contributed by atoms with Crippen LogP contribution in [-0.2, 0) is 9.31 Å². The molecule has 1 saturated heterocycles. The lowest BCUT2D eigenvalue weighted by molar-refractivity contribution is 0.00578. The zero-order chi connectivity index (χ0) is 35.3. The van der Waals surface area contributed by atoms with Crippen molar-refractivity contribution < 1.29 is 18.8 Å². The van der Waals surface area contributed by atoms with E-state index in [1.54, 1.807) is 14.2 Å². The lowest BCUT2D eigenvalue weighted by Crippen LogP contribution is -2.41. The van der Waals surface area contributed by atoms with Gasteiger partial charge < -0.3 is 28.2 Å². The molecule has 6 aromatic carbocycles. The minimum atomic E-state index is -0.416. The van der Waals surface area contributed by atoms with Crippen molar-refractivity contribution in [2.45, 2.75) is 38.9 Å². The molecule has 0 amide bonds. The number of anilines is 3. The van der Waals surface area contributed by atoms with Crippen LogP contribution in [0.1, 0.15) is 27.7 Å². The number of para-hydroxylation sites is 1. The van der Waals surface area contributed by atoms with E-state index in [1.165, 1.54) is 16.3 Å². The first-order chi connectivity index (χ1) is 24.7. The highest BCUT2D eigenvalue weighted by Gasteiger charge is 2.51. The summed E-state index contributed by atoms with van der Waals surface area (Å²) in [5, 5.41) is 2.43. The first kappa shape index (κ1) is 32.7. The Labute approximate surface area is 299 Å². The fourth-order valence-electron chi connectivity index (χ4n) is 6.90. The molecule has 0 spiro atoms. The van der Waals surface area contributed by atoms with Crippen LogP contribution in [0.3, 0.4) is 0 Å². The predicted molar refractivity (Wildman–Crippen MR) is 210 cm³/mol. The molecular weight excluding hydrogens is 631 g/mol. The van der Waals surface area contributed by atoms with Crippen molar-refractivity contribution in [2.75, 3.05) is 19.1 Å². The number of benzene rings is 6. The Morgan fingerprint density at radius 2 is 1.02 bits per heavy atom. The van der Waals surface area contributed by atoms with E-state index in [1.807, 2.05) is 24.3 Å². The van der Waals surface area contributed by atoms with E-state index in [9.17, 15) is 0 Å². The molecule has 6 nitrogen and oxygen atoms in total. The number of fused-ring (bicyclic) bond motifs is 3. The topological polar surface area (TPSA) is 45.1 Å². The Morgan fingerprint density at radius 3 is 1.61 bits per heavy atom. The maximum atomic E-state index is 6.33. The van der Waals surface area contributed by atoms with Crippen molar-refractivity contribution in [2.24, 2.45) is 0 Å². The van der Waals surface area contributed by atoms with Crippen molar-refractivity contribution >= 4 is 51.4 Å². The van der Waals surface area contributed by atoms with Gasteiger partial charge in [0.15, 0.2) is 0 Å². The van der Waals surface area contributed by atoms with E-state index in [2.05, 4.69) is 152 Å². The van der Waals surface area contributed by atoms with Gasteiger partial charge in [0, 0.05) is 33.5 Å². The largest absolute Gasteiger partial charge is 0.497 e. The summed E-state index contributed by atoms with van der Waals surface area (Å²) in [4.78, 5) is 2.25. The van der Waals surface area contributed by atoms with Crippen LogP contribution in [0.2, 0.25) is 0 Å². The number of nitrogens with zero attached hydrogens (tertiary/aromatic N) is 2. The van der Waals surface area contributed by atoms with Gasteiger partial charge in [0.1, 0.15) is 11.5 Å². The summed E-state index contributed by atoms with van der Waals surface area (Å²) < 4.78 is 25.9. The normalized spacial score (nSPS) is 15.0. The predicted octanol–water partition coefficient (Wildman–Crippen LogP) is 10.2. The summed E-state index contributed by atoms with van der Waals surface area (Å²) in [6.07, 6.45) is 0. The third-order valence-corrected chi connectivity index (χ3v) is 10.5. The molecule has 1 aliphatic heterocycles. The van der Waals surface area contributed by atoms with Crippen LogP contribution in [0.5, 0.6) is 11.5 Å². The van der Waals surface area contributed by atoms with Crippen LogP contribution in [0.15, 0.2) is 140 Å². The van der Waals surface area contributed by atoms with Crippen molar-refractivity contribution in [3.8, 4) is 28.3 Å². The van der Waals surface area contributed by atoms with Crippen molar-refractivity contribution in [1.82, 2.24) is 4.57 Å². The molecule has 0 unspecified atom stereocenters. The molecule has 7 heteroatoms. The fraction of sp³-hybridized carbons (Fsp3) is 0.182. The van der Waals surface area contributed by atoms with Crippen molar-refractivity contribution in [1.29, 1.82) is 0 Å². The van der Waals surface area contributed by atoms with Gasteiger partial charge in [-0.2, -0.15) is 0 Å². The quantitative estimate of drug-likeness (QED) is 0.150. The highest BCUT2D eigenvalue weighted by atomic mass is 16.7. The second-order valence-corrected chi connectivity index (χ2v) is 14.0. The summed E-state index contributed by atoms with van der Waals surface area (Å²) >= 11 is 0. The second kappa shape index (κ2) is 12.7. The molecule has 0 aliphatic carbocycles. The molecule has 254 valence electrons. The maximum Gasteiger partial charge on any atom is 0.494 e. The van der Waals surface area contributed by atoms with E-state index in [0.29, 0.717) is 0 Å². The molecule has 0 bridgehead atoms. The van der Waals surface area contributed by atoms with Gasteiger partial charge in [-0.3, -0.25) is 0 Å². The SMILES string of the molecule is COc1ccc(N(c2ccc(B3OC(C)(C)C(C)(C)O3)cc2)c2ccc(-c3ccc4c(c3)c3ccccc3n4-c3ccc(OC)cc3)cc2)cc1. The van der Waals surface area contributed by atoms with Gasteiger partial charge in [-0.05, 0) is 135 Å². The Bertz CT molecular complexity index is 2310. The number of rotatable bonds is 8. The van der Waals surface area contributed by atoms with E-state index < -0.39 is 18.3 Å². The van der Waals surface area contributed by atoms with Crippen LogP contribution >= 0.6 is 0 Å². The summed E-state index contributed by atoms with van der Waals surface area (Å²) in [7, 11) is 2.97. The van der Waals surface area contributed by atoms with Gasteiger partial charge in [0.05, 0.1) is 36.5 Å². The molecule has 1 aliphatic rings. The van der Waals surface area contributed by atoms with E-state index in [-0.39, 0.29) is 0 Å². The van der Waals surface area contributed by atoms with Gasteiger partial charge >= 0.3 is 7.12 Å². The molecule has 8 rings (SSSR count). The summed E-state index contributed by atoms with van der Waals surface area (Å²) in [6.45, 7) is 8.31. The number of aromatic nitrogens is 1. The molecule has 2 heterocycles. The third kappa shape index (κ3) is 5.82. The van der Waals surface area contributed by atoms with E-state index >= 15 is 0 Å². The van der Waals surface area contributed by atoms with Crippen LogP contribution in [0, 0.1) is 0 Å². The van der Waals surface area contributed by atoms with Crippen LogP contribution in [0.4, 0.5) is 17.1 Å². The number of hydrogen-bond donors (Lipinski definition) is 0. The lowest BCUT2D eigenvalue weighted by atomic mass is 9.79. The first-order valence-corrected chi connectivity index (χ1v) is 17.3. The van der Waals surface area contributed by atoms with Crippen LogP contribution in [-0.4, -0.2) is 37.1 Å². The van der Waals surface area contributed by atoms with E-state index in [0.717, 1.165) is 56.4 Å². The Balaban J connectivity index is 1.14. The molecule has 51 heavy (non-hydrogen) atoms. The number of hydrogen-bond acceptors (Lipinski definition) is 5. The first-order valence-electron chi connectivity index (χ1n) is 17.3. The van der Waals surface area contributed by atoms with E-state index in [4.69, 9.17) is 18.8 Å². The lowest BCUT2D eigenvalue weighted by Gasteiger charge is -2.32. The molecular formula is C44H41BN2O4. The Morgan fingerprint density at radius 1 is 0.529 bits per heavy atom. The minimum absolute atomic E-state index is 0.397. The molecule has 0 N–H and O–H groups in total. The number of ether oxygens (including phenoxy) is 2. The molecule has 0 atom stereocenters. The van der Waals surface area contributed by atoms with Crippen LogP contribution < -0.4 is 19.8 Å². The zero-order valence-electron chi connectivity index (χ0n) is 29.9. The maximum absolute atomic E-state index is 6.33. The second-order valence-electron chi connectivity index (χ2n) is 14.0. The summed E-state index contributed by atoms with van der Waals surface area (Å²) in [6, 6.07) is 49.0. The molecule has 0 radical (unpaired) electrons. The summed E-state index contributed by atoms with van der Waals surface area (Å²) in [5.74, 6) is 1.66. The molecule has 7 aromatic rings. The minimum Gasteiger partial charge on any atom is -0.497 e. The molecule has 1 fully saturated rings. The van der Waals surface area contributed by atoms with Crippen molar-refractivity contribution in [3.05, 3.63) is 140 Å². The highest BCUT2D eigenvalue weighted by molar-refractivity contribution is 6.62. The smallest absolute Gasteiger partial charge is 0.494 e. The monoisotopic (exact) mass is 672 g/mol. The molecule has 0 saturated carbocycles. The van der Waals surface area contributed by atoms with Gasteiger partial charge in [0.25, 0.3) is 0 Å². The van der Waals surface area contributed by atoms with Gasteiger partial charge in [-0.25, -0.2) is 0 Å². The standard InChI is InChI=1S/C44H41BN2O4/c1-43(2)44(3,4)51-45(50-43)32-14-18-34(19-15-32)46(35-20-24-37(48-5)25-21-35)33-16-11-30(12-17-33)31-13-28-42-40(29-31)39-9-7-8-10-41(39)47(42)36-22-26-38(49-6)27-23-36/h7-29H,1-6H3. The van der Waals surface area contributed by atoms with Crippen LogP contribution in [0.25, 0.3) is 38.6 Å². The Kier molecular flexibility index (Phi) is 8.13. The van der Waals surface area contributed by atoms with Gasteiger partial charge in [-0.1, -0.05) is 48.5 Å². The Hall–Kier alpha value is -5.50. The average molecular weight is 673 g/mol. The van der Waals surface area contributed by atoms with Gasteiger partial charge in [-0.15, -0.1) is 0 Å². The fourth-order valence-corrected chi connectivity index (χ4v) is 6.90. The van der Waals surface area contributed by atoms with Crippen molar-refractivity contribution in [3.63, 3.8) is 0 Å². The third-order valence-electron chi connectivity index (χ3n) is 10.5. The van der Waals surface area contributed by atoms with Gasteiger partial charge in [0.2, 0.25) is 0 Å². The highest BCUT2D eigenvalue weighted by Crippen LogP contribution is 2.40. The average Bonchev–Trinajstić information content (AvgIpc) is 3.60. The molecule has 1 aromatic heterocycles. The zero-order valence-corrected chi connectivity index (χ0v) is 29.9. The summed E-state index contributed by atoms with van der Waals surface area (Å²) in [5.41, 5.74) is 9.04. The number of methoxy groups -OCH3 is 2.